The zero-order chi connectivity index (χ0) is 15.9. The van der Waals surface area contributed by atoms with Crippen molar-refractivity contribution in [3.8, 4) is 11.5 Å². The molecular formula is C17H26N2O3. The normalized spacial score (nSPS) is 15.7. The third kappa shape index (κ3) is 3.91. The van der Waals surface area contributed by atoms with Crippen molar-refractivity contribution in [3.63, 3.8) is 0 Å². The number of piperidine rings is 1. The predicted molar refractivity (Wildman–Crippen MR) is 86.5 cm³/mol. The van der Waals surface area contributed by atoms with Gasteiger partial charge >= 0.3 is 0 Å². The molecule has 0 radical (unpaired) electrons. The topological polar surface area (TPSA) is 50.8 Å². The van der Waals surface area contributed by atoms with Crippen molar-refractivity contribution in [2.75, 3.05) is 40.9 Å². The van der Waals surface area contributed by atoms with Gasteiger partial charge in [-0.25, -0.2) is 0 Å². The number of benzene rings is 1. The van der Waals surface area contributed by atoms with Crippen LogP contribution in [0.4, 0.5) is 0 Å². The van der Waals surface area contributed by atoms with E-state index >= 15 is 0 Å². The summed E-state index contributed by atoms with van der Waals surface area (Å²) in [6.45, 7) is 2.70. The molecule has 1 aromatic carbocycles. The van der Waals surface area contributed by atoms with Crippen molar-refractivity contribution in [2.45, 2.75) is 19.3 Å². The van der Waals surface area contributed by atoms with E-state index in [0.29, 0.717) is 23.8 Å². The maximum Gasteiger partial charge on any atom is 0.227 e. The largest absolute Gasteiger partial charge is 0.496 e. The molecule has 1 saturated heterocycles. The number of nitrogens with zero attached hydrogens (tertiary/aromatic N) is 1. The van der Waals surface area contributed by atoms with E-state index in [9.17, 15) is 4.79 Å². The minimum atomic E-state index is 0.144. The second kappa shape index (κ2) is 8.03. The van der Waals surface area contributed by atoms with Crippen LogP contribution >= 0.6 is 0 Å². The van der Waals surface area contributed by atoms with Crippen molar-refractivity contribution in [2.24, 2.45) is 5.92 Å². The van der Waals surface area contributed by atoms with Gasteiger partial charge in [-0.2, -0.15) is 0 Å². The Balaban J connectivity index is 2.01. The van der Waals surface area contributed by atoms with E-state index in [2.05, 4.69) is 5.32 Å². The van der Waals surface area contributed by atoms with Crippen LogP contribution in [-0.2, 0) is 11.2 Å². The molecule has 0 aromatic heterocycles. The highest BCUT2D eigenvalue weighted by molar-refractivity contribution is 5.80. The van der Waals surface area contributed by atoms with Crippen LogP contribution in [0.2, 0.25) is 0 Å². The first-order valence-electron chi connectivity index (χ1n) is 7.81. The average molecular weight is 306 g/mol. The Morgan fingerprint density at radius 1 is 1.23 bits per heavy atom. The summed E-state index contributed by atoms with van der Waals surface area (Å²) in [5.74, 6) is 2.23. The number of amides is 1. The summed E-state index contributed by atoms with van der Waals surface area (Å²) in [6.07, 6.45) is 2.45. The van der Waals surface area contributed by atoms with Crippen molar-refractivity contribution < 1.29 is 14.3 Å². The standard InChI is InChI=1S/C17H26N2O3/c1-18-12-13-7-9-19(10-8-13)17(20)11-14-15(21-2)5-4-6-16(14)22-3/h4-6,13,18H,7-12H2,1-3H3. The predicted octanol–water partition coefficient (Wildman–Crippen LogP) is 1.70. The number of nitrogens with one attached hydrogen (secondary N) is 1. The van der Waals surface area contributed by atoms with Gasteiger partial charge in [0.2, 0.25) is 5.91 Å². The molecule has 1 aliphatic heterocycles. The molecule has 1 fully saturated rings. The lowest BCUT2D eigenvalue weighted by molar-refractivity contribution is -0.131. The van der Waals surface area contributed by atoms with Crippen LogP contribution in [-0.4, -0.2) is 51.7 Å². The maximum atomic E-state index is 12.6. The third-order valence-electron chi connectivity index (χ3n) is 4.32. The Bertz CT molecular complexity index is 474. The highest BCUT2D eigenvalue weighted by atomic mass is 16.5. The molecule has 5 heteroatoms. The van der Waals surface area contributed by atoms with Crippen LogP contribution in [0.15, 0.2) is 18.2 Å². The van der Waals surface area contributed by atoms with Gasteiger partial charge in [0, 0.05) is 18.7 Å². The molecule has 1 heterocycles. The van der Waals surface area contributed by atoms with Crippen LogP contribution in [0.5, 0.6) is 11.5 Å². The van der Waals surface area contributed by atoms with Gasteiger partial charge in [0.25, 0.3) is 0 Å². The van der Waals surface area contributed by atoms with Crippen LogP contribution in [0, 0.1) is 5.92 Å². The summed E-state index contributed by atoms with van der Waals surface area (Å²) in [7, 11) is 5.21. The Hall–Kier alpha value is -1.75. The van der Waals surface area contributed by atoms with Crippen LogP contribution < -0.4 is 14.8 Å². The second-order valence-corrected chi connectivity index (χ2v) is 5.70. The average Bonchev–Trinajstić information content (AvgIpc) is 2.56. The summed E-state index contributed by atoms with van der Waals surface area (Å²) in [5.41, 5.74) is 0.829. The van der Waals surface area contributed by atoms with E-state index in [0.717, 1.165) is 38.0 Å². The molecule has 0 bridgehead atoms. The fourth-order valence-electron chi connectivity index (χ4n) is 3.04. The third-order valence-corrected chi connectivity index (χ3v) is 4.32. The van der Waals surface area contributed by atoms with Gasteiger partial charge in [-0.15, -0.1) is 0 Å². The molecule has 0 aliphatic carbocycles. The number of carbonyl (C=O) groups is 1. The lowest BCUT2D eigenvalue weighted by atomic mass is 9.96. The number of carbonyl (C=O) groups excluding carboxylic acids is 1. The van der Waals surface area contributed by atoms with Gasteiger partial charge in [0.1, 0.15) is 11.5 Å². The fourth-order valence-corrected chi connectivity index (χ4v) is 3.04. The molecule has 122 valence electrons. The maximum absolute atomic E-state index is 12.6. The quantitative estimate of drug-likeness (QED) is 0.869. The molecule has 0 atom stereocenters. The van der Waals surface area contributed by atoms with Crippen molar-refractivity contribution in [1.82, 2.24) is 10.2 Å². The lowest BCUT2D eigenvalue weighted by Crippen LogP contribution is -2.41. The fraction of sp³-hybridized carbons (Fsp3) is 0.588. The zero-order valence-electron chi connectivity index (χ0n) is 13.7. The zero-order valence-corrected chi connectivity index (χ0v) is 13.7. The van der Waals surface area contributed by atoms with Crippen LogP contribution in [0.3, 0.4) is 0 Å². The number of methoxy groups -OCH3 is 2. The van der Waals surface area contributed by atoms with Gasteiger partial charge in [-0.3, -0.25) is 4.79 Å². The summed E-state index contributed by atoms with van der Waals surface area (Å²) < 4.78 is 10.7. The SMILES string of the molecule is CNCC1CCN(C(=O)Cc2c(OC)cccc2OC)CC1. The molecule has 0 spiro atoms. The van der Waals surface area contributed by atoms with E-state index < -0.39 is 0 Å². The van der Waals surface area contributed by atoms with Gasteiger partial charge in [0.15, 0.2) is 0 Å². The minimum absolute atomic E-state index is 0.144. The highest BCUT2D eigenvalue weighted by Gasteiger charge is 2.24. The molecule has 22 heavy (non-hydrogen) atoms. The molecule has 5 nitrogen and oxygen atoms in total. The molecule has 1 N–H and O–H groups in total. The Labute approximate surface area is 132 Å². The van der Waals surface area contributed by atoms with E-state index in [1.54, 1.807) is 14.2 Å². The van der Waals surface area contributed by atoms with Crippen molar-refractivity contribution in [3.05, 3.63) is 23.8 Å². The smallest absolute Gasteiger partial charge is 0.227 e. The van der Waals surface area contributed by atoms with E-state index in [1.165, 1.54) is 0 Å². The summed E-state index contributed by atoms with van der Waals surface area (Å²) >= 11 is 0. The summed E-state index contributed by atoms with van der Waals surface area (Å²) in [4.78, 5) is 14.5. The van der Waals surface area contributed by atoms with Gasteiger partial charge in [-0.1, -0.05) is 6.07 Å². The molecular weight excluding hydrogens is 280 g/mol. The molecule has 2 rings (SSSR count). The first-order valence-corrected chi connectivity index (χ1v) is 7.81. The number of likely N-dealkylation sites (tertiary alicyclic amines) is 1. The summed E-state index contributed by atoms with van der Waals surface area (Å²) in [6, 6.07) is 5.60. The van der Waals surface area contributed by atoms with Gasteiger partial charge in [-0.05, 0) is 44.5 Å². The number of rotatable bonds is 6. The molecule has 1 aliphatic rings. The first-order chi connectivity index (χ1) is 10.7. The Morgan fingerprint density at radius 3 is 2.32 bits per heavy atom. The Kier molecular flexibility index (Phi) is 6.07. The second-order valence-electron chi connectivity index (χ2n) is 5.70. The Morgan fingerprint density at radius 2 is 1.82 bits per heavy atom. The summed E-state index contributed by atoms with van der Waals surface area (Å²) in [5, 5.41) is 3.21. The van der Waals surface area contributed by atoms with E-state index in [1.807, 2.05) is 30.1 Å². The van der Waals surface area contributed by atoms with E-state index in [-0.39, 0.29) is 5.91 Å². The van der Waals surface area contributed by atoms with Gasteiger partial charge in [0.05, 0.1) is 20.6 Å². The first kappa shape index (κ1) is 16.6. The highest BCUT2D eigenvalue weighted by Crippen LogP contribution is 2.29. The molecule has 1 amide bonds. The van der Waals surface area contributed by atoms with Gasteiger partial charge < -0.3 is 19.7 Å². The lowest BCUT2D eigenvalue weighted by Gasteiger charge is -2.32. The van der Waals surface area contributed by atoms with E-state index in [4.69, 9.17) is 9.47 Å². The van der Waals surface area contributed by atoms with Crippen LogP contribution in [0.25, 0.3) is 0 Å². The minimum Gasteiger partial charge on any atom is -0.496 e. The number of hydrogen-bond donors (Lipinski definition) is 1. The number of ether oxygens (including phenoxy) is 2. The van der Waals surface area contributed by atoms with Crippen molar-refractivity contribution in [1.29, 1.82) is 0 Å². The monoisotopic (exact) mass is 306 g/mol. The van der Waals surface area contributed by atoms with Crippen LogP contribution in [0.1, 0.15) is 18.4 Å². The number of hydrogen-bond acceptors (Lipinski definition) is 4. The van der Waals surface area contributed by atoms with Crippen molar-refractivity contribution >= 4 is 5.91 Å². The molecule has 1 aromatic rings. The molecule has 0 unspecified atom stereocenters. The molecule has 0 saturated carbocycles.